The van der Waals surface area contributed by atoms with Crippen molar-refractivity contribution in [3.05, 3.63) is 254 Å². The van der Waals surface area contributed by atoms with Crippen LogP contribution in [0.5, 0.6) is 0 Å². The summed E-state index contributed by atoms with van der Waals surface area (Å²) in [5.74, 6) is 0. The van der Waals surface area contributed by atoms with Crippen LogP contribution in [0.4, 0.5) is 0 Å². The predicted molar refractivity (Wildman–Crippen MR) is 302 cm³/mol. The second-order valence-corrected chi connectivity index (χ2v) is 19.7. The van der Waals surface area contributed by atoms with Gasteiger partial charge in [0.15, 0.2) is 0 Å². The van der Waals surface area contributed by atoms with E-state index >= 15 is 0 Å². The molecule has 1 atom stereocenters. The maximum absolute atomic E-state index is 5.74. The van der Waals surface area contributed by atoms with Crippen LogP contribution in [0.2, 0.25) is 0 Å². The zero-order valence-electron chi connectivity index (χ0n) is 39.7. The highest BCUT2D eigenvalue weighted by Gasteiger charge is 2.34. The van der Waals surface area contributed by atoms with Crippen molar-refractivity contribution < 1.29 is 0 Å². The summed E-state index contributed by atoms with van der Waals surface area (Å²) in [4.78, 5) is 5.74. The molecular weight excluding hydrogens is 875 g/mol. The van der Waals surface area contributed by atoms with Crippen LogP contribution in [0.25, 0.3) is 116 Å². The van der Waals surface area contributed by atoms with E-state index in [1.807, 2.05) is 0 Å². The van der Waals surface area contributed by atoms with Crippen LogP contribution in [0, 0.1) is 0 Å². The van der Waals surface area contributed by atoms with E-state index in [-0.39, 0.29) is 0 Å². The Bertz CT molecular complexity index is 4380. The van der Waals surface area contributed by atoms with Gasteiger partial charge in [-0.3, -0.25) is 0 Å². The number of para-hydroxylation sites is 7. The fraction of sp³-hybridized carbons (Fsp3) is 0.0597. The average Bonchev–Trinajstić information content (AvgIpc) is 4.10. The molecule has 0 bridgehead atoms. The number of allylic oxidation sites excluding steroid dienone is 7. The van der Waals surface area contributed by atoms with Gasteiger partial charge in [0.05, 0.1) is 44.5 Å². The van der Waals surface area contributed by atoms with E-state index in [1.165, 1.54) is 93.3 Å². The van der Waals surface area contributed by atoms with Crippen molar-refractivity contribution in [1.82, 2.24) is 23.3 Å². The molecule has 5 aromatic heterocycles. The van der Waals surface area contributed by atoms with E-state index in [1.54, 1.807) is 0 Å². The number of aromatic nitrogens is 5. The Morgan fingerprint density at radius 1 is 0.431 bits per heavy atom. The van der Waals surface area contributed by atoms with Crippen molar-refractivity contribution in [3.8, 4) is 22.6 Å². The molecule has 5 nitrogen and oxygen atoms in total. The summed E-state index contributed by atoms with van der Waals surface area (Å²) in [6.45, 7) is 2.41. The average molecular weight is 922 g/mol. The Balaban J connectivity index is 0.980. The minimum atomic E-state index is -0.480. The second kappa shape index (κ2) is 15.7. The number of fused-ring (bicyclic) bond motifs is 12. The second-order valence-electron chi connectivity index (χ2n) is 19.7. The quantitative estimate of drug-likeness (QED) is 0.164. The van der Waals surface area contributed by atoms with E-state index in [2.05, 4.69) is 268 Å². The number of hydrogen-bond acceptors (Lipinski definition) is 1. The van der Waals surface area contributed by atoms with E-state index in [9.17, 15) is 0 Å². The van der Waals surface area contributed by atoms with Gasteiger partial charge in [0.25, 0.3) is 0 Å². The fourth-order valence-corrected chi connectivity index (χ4v) is 12.5. The summed E-state index contributed by atoms with van der Waals surface area (Å²) in [7, 11) is 0. The zero-order valence-corrected chi connectivity index (χ0v) is 39.7. The van der Waals surface area contributed by atoms with Crippen LogP contribution in [0.15, 0.2) is 237 Å². The van der Waals surface area contributed by atoms with Gasteiger partial charge in [0, 0.05) is 101 Å². The lowest BCUT2D eigenvalue weighted by atomic mass is 9.85. The number of pyridine rings is 1. The summed E-state index contributed by atoms with van der Waals surface area (Å²) in [5.41, 5.74) is 17.8. The molecule has 5 heteroatoms. The van der Waals surface area contributed by atoms with Gasteiger partial charge in [-0.15, -0.1) is 0 Å². The monoisotopic (exact) mass is 921 g/mol. The number of rotatable bonds is 6. The third-order valence-corrected chi connectivity index (χ3v) is 15.5. The summed E-state index contributed by atoms with van der Waals surface area (Å²) < 4.78 is 10.0. The molecule has 15 rings (SSSR count). The zero-order chi connectivity index (χ0) is 47.5. The van der Waals surface area contributed by atoms with Gasteiger partial charge in [-0.2, -0.15) is 0 Å². The molecule has 5 heterocycles. The molecule has 13 aromatic rings. The minimum Gasteiger partial charge on any atom is -0.331 e. The van der Waals surface area contributed by atoms with Crippen molar-refractivity contribution in [1.29, 1.82) is 0 Å². The SMILES string of the molecule is CC1(n2c3ccccc3c3ccccc32)C=C(c2cccc(-c3cc(-n4c5c(c6ccccc64)C=CC=CC5)cc(-n4c5ccccc5c5ccccc54)c3)n2)C=C(n2c3ccccc3c3ccccc32)C1. The van der Waals surface area contributed by atoms with Gasteiger partial charge >= 0.3 is 0 Å². The molecule has 2 aliphatic carbocycles. The van der Waals surface area contributed by atoms with E-state index < -0.39 is 5.54 Å². The number of nitrogens with zero attached hydrogens (tertiary/aromatic N) is 5. The third-order valence-electron chi connectivity index (χ3n) is 15.5. The Labute approximate surface area is 416 Å². The van der Waals surface area contributed by atoms with Gasteiger partial charge < -0.3 is 18.3 Å². The van der Waals surface area contributed by atoms with E-state index in [0.717, 1.165) is 46.7 Å². The van der Waals surface area contributed by atoms with Crippen molar-refractivity contribution in [2.75, 3.05) is 0 Å². The minimum absolute atomic E-state index is 0.480. The Morgan fingerprint density at radius 3 is 1.46 bits per heavy atom. The molecule has 0 radical (unpaired) electrons. The van der Waals surface area contributed by atoms with E-state index in [4.69, 9.17) is 4.98 Å². The normalized spacial score (nSPS) is 15.8. The molecule has 0 amide bonds. The smallest absolute Gasteiger partial charge is 0.0711 e. The maximum atomic E-state index is 5.74. The van der Waals surface area contributed by atoms with Gasteiger partial charge in [-0.05, 0) is 91.9 Å². The lowest BCUT2D eigenvalue weighted by Crippen LogP contribution is -2.31. The van der Waals surface area contributed by atoms with Crippen molar-refractivity contribution >= 4 is 93.7 Å². The predicted octanol–water partition coefficient (Wildman–Crippen LogP) is 16.9. The van der Waals surface area contributed by atoms with Crippen molar-refractivity contribution in [2.45, 2.75) is 25.3 Å². The van der Waals surface area contributed by atoms with Crippen molar-refractivity contribution in [3.63, 3.8) is 0 Å². The number of benzene rings is 8. The van der Waals surface area contributed by atoms with Crippen LogP contribution in [-0.4, -0.2) is 23.3 Å². The molecule has 1 unspecified atom stereocenters. The molecule has 340 valence electrons. The van der Waals surface area contributed by atoms with Crippen molar-refractivity contribution in [2.24, 2.45) is 0 Å². The summed E-state index contributed by atoms with van der Waals surface area (Å²) in [6, 6.07) is 75.5. The van der Waals surface area contributed by atoms with Crippen LogP contribution < -0.4 is 0 Å². The first-order valence-electron chi connectivity index (χ1n) is 25.1. The first kappa shape index (κ1) is 40.7. The molecular formula is C67H47N5. The summed E-state index contributed by atoms with van der Waals surface area (Å²) in [6.07, 6.45) is 15.4. The highest BCUT2D eigenvalue weighted by atomic mass is 15.1. The topological polar surface area (TPSA) is 32.6 Å². The molecule has 0 spiro atoms. The molecule has 8 aromatic carbocycles. The molecule has 2 aliphatic rings. The van der Waals surface area contributed by atoms with Crippen LogP contribution in [-0.2, 0) is 12.0 Å². The van der Waals surface area contributed by atoms with Crippen LogP contribution in [0.1, 0.15) is 30.3 Å². The standard InChI is InChI=1S/C67H47N5/c1-67(72-65-36-17-10-26-55(65)56-27-11-18-37-66(56)72)42-45(40-48(43-67)71-63-34-15-8-24-53(63)54-25-9-16-35-64(54)71)58-29-19-28-57(68-58)44-38-46(69-59-30-4-2-3-20-49(59)50-21-5-12-31-60(50)69)41-47(39-44)70-61-32-13-6-22-51(61)52-23-7-14-33-62(52)70/h2-29,31-42H,30,43H2,1H3. The molecule has 0 saturated carbocycles. The Kier molecular flexibility index (Phi) is 8.85. The third kappa shape index (κ3) is 6.04. The fourth-order valence-electron chi connectivity index (χ4n) is 12.5. The highest BCUT2D eigenvalue weighted by molar-refractivity contribution is 6.12. The van der Waals surface area contributed by atoms with Gasteiger partial charge in [0.2, 0.25) is 0 Å². The van der Waals surface area contributed by atoms with E-state index in [0.29, 0.717) is 0 Å². The van der Waals surface area contributed by atoms with Gasteiger partial charge in [-0.1, -0.05) is 158 Å². The highest BCUT2D eigenvalue weighted by Crippen LogP contribution is 2.46. The summed E-state index contributed by atoms with van der Waals surface area (Å²) in [5, 5.41) is 8.74. The van der Waals surface area contributed by atoms with Crippen LogP contribution in [0.3, 0.4) is 0 Å². The summed E-state index contributed by atoms with van der Waals surface area (Å²) >= 11 is 0. The maximum Gasteiger partial charge on any atom is 0.0711 e. The molecule has 0 saturated heterocycles. The Morgan fingerprint density at radius 2 is 0.889 bits per heavy atom. The molecule has 72 heavy (non-hydrogen) atoms. The van der Waals surface area contributed by atoms with Crippen LogP contribution >= 0.6 is 0 Å². The lowest BCUT2D eigenvalue weighted by molar-refractivity contribution is 0.440. The molecule has 0 aliphatic heterocycles. The largest absolute Gasteiger partial charge is 0.331 e. The number of hydrogen-bond donors (Lipinski definition) is 0. The lowest BCUT2D eigenvalue weighted by Gasteiger charge is -2.36. The Hall–Kier alpha value is -9.19. The first-order valence-corrected chi connectivity index (χ1v) is 25.1. The molecule has 0 fully saturated rings. The molecule has 0 N–H and O–H groups in total. The van der Waals surface area contributed by atoms with Gasteiger partial charge in [-0.25, -0.2) is 4.98 Å². The van der Waals surface area contributed by atoms with Gasteiger partial charge in [0.1, 0.15) is 0 Å². The first-order chi connectivity index (χ1) is 35.6.